The monoisotopic (exact) mass is 387 g/mol. The summed E-state index contributed by atoms with van der Waals surface area (Å²) in [6.07, 6.45) is 0. The molecule has 0 saturated heterocycles. The third-order valence-electron chi connectivity index (χ3n) is 3.43. The number of nitrogens with one attached hydrogen (secondary N) is 1. The summed E-state index contributed by atoms with van der Waals surface area (Å²) in [6.45, 7) is 1.77. The average Bonchev–Trinajstić information content (AvgIpc) is 2.55. The zero-order valence-electron chi connectivity index (χ0n) is 12.8. The molecule has 0 aliphatic heterocycles. The minimum Gasteiger partial charge on any atom is -0.484 e. The second-order valence-corrected chi connectivity index (χ2v) is 6.17. The Morgan fingerprint density at radius 1 is 1.17 bits per heavy atom. The van der Waals surface area contributed by atoms with E-state index in [4.69, 9.17) is 9.15 Å². The van der Waals surface area contributed by atoms with E-state index >= 15 is 0 Å². The van der Waals surface area contributed by atoms with E-state index in [2.05, 4.69) is 21.2 Å². The van der Waals surface area contributed by atoms with Crippen molar-refractivity contribution < 1.29 is 13.9 Å². The third kappa shape index (κ3) is 3.83. The maximum Gasteiger partial charge on any atom is 0.336 e. The van der Waals surface area contributed by atoms with Gasteiger partial charge in [-0.25, -0.2) is 4.79 Å². The van der Waals surface area contributed by atoms with Crippen molar-refractivity contribution in [3.63, 3.8) is 0 Å². The lowest BCUT2D eigenvalue weighted by Gasteiger charge is -2.10. The molecular weight excluding hydrogens is 374 g/mol. The van der Waals surface area contributed by atoms with Gasteiger partial charge in [0.05, 0.1) is 0 Å². The molecule has 5 nitrogen and oxygen atoms in total. The maximum atomic E-state index is 12.0. The first-order chi connectivity index (χ1) is 11.5. The van der Waals surface area contributed by atoms with Gasteiger partial charge in [0, 0.05) is 27.7 Å². The van der Waals surface area contributed by atoms with Crippen LogP contribution in [0, 0.1) is 6.92 Å². The summed E-state index contributed by atoms with van der Waals surface area (Å²) in [5.74, 6) is 0.189. The molecule has 0 saturated carbocycles. The number of rotatable bonds is 4. The predicted octanol–water partition coefficient (Wildman–Crippen LogP) is 3.88. The molecule has 0 radical (unpaired) electrons. The minimum atomic E-state index is -0.428. The summed E-state index contributed by atoms with van der Waals surface area (Å²) in [6, 6.07) is 13.7. The van der Waals surface area contributed by atoms with Gasteiger partial charge in [0.2, 0.25) is 0 Å². The average molecular weight is 388 g/mol. The van der Waals surface area contributed by atoms with Gasteiger partial charge in [0.1, 0.15) is 11.3 Å². The number of carbonyl (C=O) groups excluding carboxylic acids is 1. The van der Waals surface area contributed by atoms with Gasteiger partial charge in [0.15, 0.2) is 6.61 Å². The van der Waals surface area contributed by atoms with E-state index in [9.17, 15) is 9.59 Å². The molecule has 24 heavy (non-hydrogen) atoms. The highest BCUT2D eigenvalue weighted by Gasteiger charge is 2.07. The third-order valence-corrected chi connectivity index (χ3v) is 3.92. The number of benzene rings is 2. The number of halogens is 1. The molecule has 0 fully saturated rings. The van der Waals surface area contributed by atoms with Crippen LogP contribution in [-0.2, 0) is 4.79 Å². The zero-order valence-corrected chi connectivity index (χ0v) is 14.4. The van der Waals surface area contributed by atoms with Gasteiger partial charge in [-0.15, -0.1) is 0 Å². The molecule has 0 aliphatic rings. The number of aryl methyl sites for hydroxylation is 1. The number of hydrogen-bond acceptors (Lipinski definition) is 4. The Morgan fingerprint density at radius 3 is 2.75 bits per heavy atom. The minimum absolute atomic E-state index is 0.141. The highest BCUT2D eigenvalue weighted by atomic mass is 79.9. The SMILES string of the molecule is Cc1cc(Br)ccc1NC(=O)COc1ccc2ccc(=O)oc2c1. The Morgan fingerprint density at radius 2 is 1.96 bits per heavy atom. The molecule has 0 spiro atoms. The van der Waals surface area contributed by atoms with Gasteiger partial charge < -0.3 is 14.5 Å². The first-order valence-electron chi connectivity index (χ1n) is 7.24. The molecule has 2 aromatic carbocycles. The number of carbonyl (C=O) groups is 1. The Kier molecular flexibility index (Phi) is 4.66. The molecule has 1 heterocycles. The van der Waals surface area contributed by atoms with Crippen molar-refractivity contribution in [1.29, 1.82) is 0 Å². The van der Waals surface area contributed by atoms with Gasteiger partial charge in [-0.1, -0.05) is 15.9 Å². The fraction of sp³-hybridized carbons (Fsp3) is 0.111. The molecular formula is C18H14BrNO4. The summed E-state index contributed by atoms with van der Waals surface area (Å²) in [4.78, 5) is 23.3. The highest BCUT2D eigenvalue weighted by molar-refractivity contribution is 9.10. The Hall–Kier alpha value is -2.60. The van der Waals surface area contributed by atoms with Crippen molar-refractivity contribution in [1.82, 2.24) is 0 Å². The van der Waals surface area contributed by atoms with Gasteiger partial charge in [-0.05, 0) is 48.9 Å². The lowest BCUT2D eigenvalue weighted by atomic mass is 10.2. The molecule has 3 rings (SSSR count). The van der Waals surface area contributed by atoms with Crippen LogP contribution in [0.4, 0.5) is 5.69 Å². The molecule has 0 atom stereocenters. The molecule has 1 N–H and O–H groups in total. The van der Waals surface area contributed by atoms with Crippen LogP contribution in [0.25, 0.3) is 11.0 Å². The summed E-state index contributed by atoms with van der Waals surface area (Å²) < 4.78 is 11.5. The first kappa shape index (κ1) is 16.3. The second kappa shape index (κ2) is 6.88. The van der Waals surface area contributed by atoms with Crippen molar-refractivity contribution in [3.05, 3.63) is 69.0 Å². The number of fused-ring (bicyclic) bond motifs is 1. The zero-order chi connectivity index (χ0) is 17.1. The number of hydrogen-bond donors (Lipinski definition) is 1. The Bertz CT molecular complexity index is 965. The fourth-order valence-corrected chi connectivity index (χ4v) is 2.71. The molecule has 1 aromatic heterocycles. The van der Waals surface area contributed by atoms with E-state index in [1.54, 1.807) is 24.3 Å². The van der Waals surface area contributed by atoms with Crippen LogP contribution < -0.4 is 15.7 Å². The quantitative estimate of drug-likeness (QED) is 0.689. The standard InChI is InChI=1S/C18H14BrNO4/c1-11-8-13(19)4-6-15(11)20-17(21)10-23-14-5-2-12-3-7-18(22)24-16(12)9-14/h2-9H,10H2,1H3,(H,20,21). The van der Waals surface area contributed by atoms with E-state index in [0.29, 0.717) is 11.3 Å². The van der Waals surface area contributed by atoms with Crippen molar-refractivity contribution in [3.8, 4) is 5.75 Å². The van der Waals surface area contributed by atoms with Crippen LogP contribution in [0.2, 0.25) is 0 Å². The summed E-state index contributed by atoms with van der Waals surface area (Å²) in [5.41, 5.74) is 1.67. The van der Waals surface area contributed by atoms with E-state index in [1.807, 2.05) is 25.1 Å². The lowest BCUT2D eigenvalue weighted by molar-refractivity contribution is -0.118. The predicted molar refractivity (Wildman–Crippen MR) is 95.5 cm³/mol. The molecule has 122 valence electrons. The van der Waals surface area contributed by atoms with Crippen molar-refractivity contribution >= 4 is 38.5 Å². The van der Waals surface area contributed by atoms with Crippen molar-refractivity contribution in [2.45, 2.75) is 6.92 Å². The van der Waals surface area contributed by atoms with Crippen molar-refractivity contribution in [2.24, 2.45) is 0 Å². The van der Waals surface area contributed by atoms with Crippen LogP contribution in [0.15, 0.2) is 62.2 Å². The lowest BCUT2D eigenvalue weighted by Crippen LogP contribution is -2.20. The smallest absolute Gasteiger partial charge is 0.336 e. The van der Waals surface area contributed by atoms with Crippen LogP contribution in [0.1, 0.15) is 5.56 Å². The van der Waals surface area contributed by atoms with E-state index < -0.39 is 5.63 Å². The summed E-state index contributed by atoms with van der Waals surface area (Å²) in [5, 5.41) is 3.58. The fourth-order valence-electron chi connectivity index (χ4n) is 2.23. The van der Waals surface area contributed by atoms with Gasteiger partial charge >= 0.3 is 5.63 Å². The van der Waals surface area contributed by atoms with Gasteiger partial charge in [-0.3, -0.25) is 4.79 Å². The molecule has 6 heteroatoms. The largest absolute Gasteiger partial charge is 0.484 e. The van der Waals surface area contributed by atoms with E-state index in [1.165, 1.54) is 6.07 Å². The molecule has 3 aromatic rings. The number of amides is 1. The van der Waals surface area contributed by atoms with E-state index in [0.717, 1.165) is 21.1 Å². The summed E-state index contributed by atoms with van der Waals surface area (Å²) >= 11 is 3.38. The van der Waals surface area contributed by atoms with E-state index in [-0.39, 0.29) is 12.5 Å². The van der Waals surface area contributed by atoms with Gasteiger partial charge in [0.25, 0.3) is 5.91 Å². The second-order valence-electron chi connectivity index (χ2n) is 5.25. The summed E-state index contributed by atoms with van der Waals surface area (Å²) in [7, 11) is 0. The topological polar surface area (TPSA) is 68.5 Å². The van der Waals surface area contributed by atoms with Crippen LogP contribution in [0.5, 0.6) is 5.75 Å². The molecule has 1 amide bonds. The Labute approximate surface area is 146 Å². The molecule has 0 aliphatic carbocycles. The highest BCUT2D eigenvalue weighted by Crippen LogP contribution is 2.21. The van der Waals surface area contributed by atoms with Crippen LogP contribution >= 0.6 is 15.9 Å². The normalized spacial score (nSPS) is 10.6. The molecule has 0 bridgehead atoms. The van der Waals surface area contributed by atoms with Crippen LogP contribution in [0.3, 0.4) is 0 Å². The maximum absolute atomic E-state index is 12.0. The number of ether oxygens (including phenoxy) is 1. The van der Waals surface area contributed by atoms with Crippen molar-refractivity contribution in [2.75, 3.05) is 11.9 Å². The Balaban J connectivity index is 1.66. The van der Waals surface area contributed by atoms with Gasteiger partial charge in [-0.2, -0.15) is 0 Å². The molecule has 0 unspecified atom stereocenters. The number of anilines is 1. The first-order valence-corrected chi connectivity index (χ1v) is 8.03. The van der Waals surface area contributed by atoms with Crippen LogP contribution in [-0.4, -0.2) is 12.5 Å².